The van der Waals surface area contributed by atoms with Gasteiger partial charge in [-0.05, 0) is 24.6 Å². The molecule has 9 heteroatoms. The molecule has 1 aliphatic rings. The number of hydrogen-bond donors (Lipinski definition) is 2. The molecule has 27 heavy (non-hydrogen) atoms. The number of hydrogen-bond acceptors (Lipinski definition) is 9. The van der Waals surface area contributed by atoms with Crippen LogP contribution in [0.4, 0.5) is 11.8 Å². The Morgan fingerprint density at radius 2 is 2.00 bits per heavy atom. The minimum absolute atomic E-state index is 0.00798. The van der Waals surface area contributed by atoms with Gasteiger partial charge in [-0.3, -0.25) is 0 Å². The van der Waals surface area contributed by atoms with E-state index in [0.717, 1.165) is 6.42 Å². The van der Waals surface area contributed by atoms with Crippen molar-refractivity contribution in [3.8, 4) is 28.8 Å². The third-order valence-corrected chi connectivity index (χ3v) is 4.01. The first-order valence-corrected chi connectivity index (χ1v) is 8.50. The third-order valence-electron chi connectivity index (χ3n) is 4.01. The second-order valence-electron chi connectivity index (χ2n) is 5.83. The number of nitrogens with two attached hydrogens (primary N) is 2. The number of ether oxygens (including phenoxy) is 4. The first-order valence-electron chi connectivity index (χ1n) is 8.50. The van der Waals surface area contributed by atoms with Crippen molar-refractivity contribution in [2.24, 2.45) is 0 Å². The van der Waals surface area contributed by atoms with E-state index in [1.807, 2.05) is 6.07 Å². The van der Waals surface area contributed by atoms with E-state index in [0.29, 0.717) is 49.0 Å². The number of nitriles is 1. The van der Waals surface area contributed by atoms with Crippen LogP contribution in [0.1, 0.15) is 18.4 Å². The van der Waals surface area contributed by atoms with Crippen molar-refractivity contribution in [2.75, 3.05) is 38.4 Å². The molecule has 0 amide bonds. The van der Waals surface area contributed by atoms with Gasteiger partial charge in [0.15, 0.2) is 17.8 Å². The maximum absolute atomic E-state index is 9.37. The van der Waals surface area contributed by atoms with Crippen LogP contribution in [0, 0.1) is 11.3 Å². The molecule has 9 nitrogen and oxygen atoms in total. The molecule has 0 unspecified atom stereocenters. The van der Waals surface area contributed by atoms with Crippen LogP contribution < -0.4 is 20.9 Å². The number of rotatable bonds is 6. The van der Waals surface area contributed by atoms with E-state index in [9.17, 15) is 5.26 Å². The molecule has 1 aromatic carbocycles. The SMILES string of the molecule is COc1ccc(-c2nc(N)nc(N)c2C#N)cc1OCCC1OCCCO1. The lowest BCUT2D eigenvalue weighted by atomic mass is 10.1. The molecule has 1 saturated heterocycles. The predicted octanol–water partition coefficient (Wildman–Crippen LogP) is 1.72. The van der Waals surface area contributed by atoms with Crippen LogP contribution in [-0.4, -0.2) is 43.2 Å². The van der Waals surface area contributed by atoms with Crippen molar-refractivity contribution < 1.29 is 18.9 Å². The Morgan fingerprint density at radius 1 is 1.22 bits per heavy atom. The Morgan fingerprint density at radius 3 is 2.70 bits per heavy atom. The second-order valence-corrected chi connectivity index (χ2v) is 5.83. The minimum Gasteiger partial charge on any atom is -0.493 e. The molecule has 142 valence electrons. The van der Waals surface area contributed by atoms with Crippen LogP contribution in [0.15, 0.2) is 18.2 Å². The molecule has 0 bridgehead atoms. The summed E-state index contributed by atoms with van der Waals surface area (Å²) in [5.41, 5.74) is 12.6. The van der Waals surface area contributed by atoms with Gasteiger partial charge in [-0.2, -0.15) is 10.2 Å². The highest BCUT2D eigenvalue weighted by Crippen LogP contribution is 2.34. The van der Waals surface area contributed by atoms with E-state index in [-0.39, 0.29) is 23.6 Å². The lowest BCUT2D eigenvalue weighted by molar-refractivity contribution is -0.183. The van der Waals surface area contributed by atoms with E-state index < -0.39 is 0 Å². The van der Waals surface area contributed by atoms with Gasteiger partial charge in [0.2, 0.25) is 5.95 Å². The molecule has 0 radical (unpaired) electrons. The Kier molecular flexibility index (Phi) is 5.90. The fourth-order valence-electron chi connectivity index (χ4n) is 2.72. The van der Waals surface area contributed by atoms with Gasteiger partial charge in [0, 0.05) is 12.0 Å². The maximum atomic E-state index is 9.37. The molecule has 0 atom stereocenters. The summed E-state index contributed by atoms with van der Waals surface area (Å²) < 4.78 is 22.2. The normalized spacial score (nSPS) is 14.5. The first-order chi connectivity index (χ1) is 13.1. The van der Waals surface area contributed by atoms with Gasteiger partial charge in [0.25, 0.3) is 0 Å². The fraction of sp³-hybridized carbons (Fsp3) is 0.389. The number of nitrogen functional groups attached to an aromatic ring is 2. The van der Waals surface area contributed by atoms with Crippen molar-refractivity contribution >= 4 is 11.8 Å². The van der Waals surface area contributed by atoms with E-state index >= 15 is 0 Å². The summed E-state index contributed by atoms with van der Waals surface area (Å²) in [4.78, 5) is 7.98. The number of methoxy groups -OCH3 is 1. The molecular formula is C18H21N5O4. The molecule has 3 rings (SSSR count). The molecule has 0 saturated carbocycles. The van der Waals surface area contributed by atoms with Gasteiger partial charge in [-0.15, -0.1) is 0 Å². The number of nitrogens with zero attached hydrogens (tertiary/aromatic N) is 3. The lowest BCUT2D eigenvalue weighted by Gasteiger charge is -2.23. The molecule has 1 fully saturated rings. The summed E-state index contributed by atoms with van der Waals surface area (Å²) in [5, 5.41) is 9.37. The summed E-state index contributed by atoms with van der Waals surface area (Å²) in [6.07, 6.45) is 1.23. The zero-order valence-corrected chi connectivity index (χ0v) is 15.0. The minimum atomic E-state index is -0.264. The fourth-order valence-corrected chi connectivity index (χ4v) is 2.72. The molecule has 1 aliphatic heterocycles. The molecule has 4 N–H and O–H groups in total. The van der Waals surface area contributed by atoms with Crippen molar-refractivity contribution in [1.29, 1.82) is 5.26 Å². The van der Waals surface area contributed by atoms with Crippen LogP contribution in [0.5, 0.6) is 11.5 Å². The van der Waals surface area contributed by atoms with Gasteiger partial charge in [-0.1, -0.05) is 0 Å². The van der Waals surface area contributed by atoms with Crippen molar-refractivity contribution in [3.05, 3.63) is 23.8 Å². The quantitative estimate of drug-likeness (QED) is 0.777. The zero-order chi connectivity index (χ0) is 19.2. The Labute approximate surface area is 156 Å². The summed E-state index contributed by atoms with van der Waals surface area (Å²) in [5.74, 6) is 1.08. The van der Waals surface area contributed by atoms with Gasteiger partial charge in [0.1, 0.15) is 17.5 Å². The Bertz CT molecular complexity index is 846. The van der Waals surface area contributed by atoms with Gasteiger partial charge in [-0.25, -0.2) is 4.98 Å². The average molecular weight is 371 g/mol. The zero-order valence-electron chi connectivity index (χ0n) is 15.0. The van der Waals surface area contributed by atoms with Crippen LogP contribution in [0.2, 0.25) is 0 Å². The van der Waals surface area contributed by atoms with Crippen molar-refractivity contribution in [1.82, 2.24) is 9.97 Å². The summed E-state index contributed by atoms with van der Waals surface area (Å²) in [6, 6.07) is 7.22. The van der Waals surface area contributed by atoms with E-state index in [1.165, 1.54) is 0 Å². The van der Waals surface area contributed by atoms with E-state index in [2.05, 4.69) is 9.97 Å². The molecule has 0 aliphatic carbocycles. The highest BCUT2D eigenvalue weighted by molar-refractivity contribution is 5.74. The largest absolute Gasteiger partial charge is 0.493 e. The van der Waals surface area contributed by atoms with Crippen molar-refractivity contribution in [3.63, 3.8) is 0 Å². The molecular weight excluding hydrogens is 350 g/mol. The Hall–Kier alpha value is -3.09. The lowest BCUT2D eigenvalue weighted by Crippen LogP contribution is -2.26. The van der Waals surface area contributed by atoms with Crippen LogP contribution >= 0.6 is 0 Å². The van der Waals surface area contributed by atoms with E-state index in [1.54, 1.807) is 25.3 Å². The standard InChI is InChI=1S/C18H21N5O4/c1-24-13-4-3-11(16-12(10-19)17(20)23-18(21)22-16)9-14(13)25-8-5-15-26-6-2-7-27-15/h3-4,9,15H,2,5-8H2,1H3,(H4,20,21,22,23). The first kappa shape index (κ1) is 18.7. The highest BCUT2D eigenvalue weighted by Gasteiger charge is 2.17. The monoisotopic (exact) mass is 371 g/mol. The van der Waals surface area contributed by atoms with Crippen molar-refractivity contribution in [2.45, 2.75) is 19.1 Å². The smallest absolute Gasteiger partial charge is 0.222 e. The van der Waals surface area contributed by atoms with Crippen LogP contribution in [0.25, 0.3) is 11.3 Å². The van der Waals surface area contributed by atoms with Gasteiger partial charge < -0.3 is 30.4 Å². The molecule has 2 aromatic rings. The number of benzene rings is 1. The summed E-state index contributed by atoms with van der Waals surface area (Å²) in [6.45, 7) is 1.76. The summed E-state index contributed by atoms with van der Waals surface area (Å²) in [7, 11) is 1.55. The van der Waals surface area contributed by atoms with Crippen LogP contribution in [0.3, 0.4) is 0 Å². The average Bonchev–Trinajstić information content (AvgIpc) is 2.68. The van der Waals surface area contributed by atoms with E-state index in [4.69, 9.17) is 30.4 Å². The molecule has 2 heterocycles. The third kappa shape index (κ3) is 4.36. The number of aromatic nitrogens is 2. The number of anilines is 2. The van der Waals surface area contributed by atoms with Gasteiger partial charge in [0.05, 0.1) is 32.6 Å². The summed E-state index contributed by atoms with van der Waals surface area (Å²) >= 11 is 0. The molecule has 1 aromatic heterocycles. The second kappa shape index (κ2) is 8.53. The van der Waals surface area contributed by atoms with Gasteiger partial charge >= 0.3 is 0 Å². The predicted molar refractivity (Wildman–Crippen MR) is 98.0 cm³/mol. The Balaban J connectivity index is 1.82. The maximum Gasteiger partial charge on any atom is 0.222 e. The highest BCUT2D eigenvalue weighted by atomic mass is 16.7. The topological polar surface area (TPSA) is 139 Å². The molecule has 0 spiro atoms. The van der Waals surface area contributed by atoms with Crippen LogP contribution in [-0.2, 0) is 9.47 Å².